The molecule has 0 aromatic heterocycles. The molecule has 1 fully saturated rings. The maximum absolute atomic E-state index is 12.5. The van der Waals surface area contributed by atoms with Crippen LogP contribution in [-0.2, 0) is 16.1 Å². The van der Waals surface area contributed by atoms with E-state index < -0.39 is 5.97 Å². The van der Waals surface area contributed by atoms with Crippen molar-refractivity contribution in [3.05, 3.63) is 47.5 Å². The van der Waals surface area contributed by atoms with Crippen LogP contribution in [0.1, 0.15) is 23.4 Å². The molecule has 1 atom stereocenters. The van der Waals surface area contributed by atoms with Gasteiger partial charge >= 0.3 is 5.97 Å². The zero-order valence-electron chi connectivity index (χ0n) is 15.5. The average molecular weight is 401 g/mol. The number of fused-ring (bicyclic) bond motifs is 1. The molecule has 1 amide bonds. The average Bonchev–Trinajstić information content (AvgIpc) is 3.28. The number of hydrogen-bond donors (Lipinski definition) is 0. The van der Waals surface area contributed by atoms with E-state index in [0.717, 1.165) is 11.1 Å². The van der Waals surface area contributed by atoms with Gasteiger partial charge in [0.15, 0.2) is 23.0 Å². The van der Waals surface area contributed by atoms with E-state index in [-0.39, 0.29) is 18.1 Å². The fraction of sp³-hybridized carbons (Fsp3) is 0.300. The van der Waals surface area contributed by atoms with E-state index in [2.05, 4.69) is 0 Å². The molecule has 0 bridgehead atoms. The number of ether oxygens (including phenoxy) is 4. The molecule has 4 rings (SSSR count). The van der Waals surface area contributed by atoms with Crippen LogP contribution in [0.4, 0.5) is 0 Å². The first-order valence-corrected chi connectivity index (χ1v) is 9.76. The second-order valence-corrected chi connectivity index (χ2v) is 7.45. The second kappa shape index (κ2) is 7.63. The number of carbonyl (C=O) groups excluding carboxylic acids is 2. The molecule has 1 unspecified atom stereocenters. The largest absolute Gasteiger partial charge is 0.493 e. The lowest BCUT2D eigenvalue weighted by molar-refractivity contribution is -0.132. The van der Waals surface area contributed by atoms with E-state index >= 15 is 0 Å². The summed E-state index contributed by atoms with van der Waals surface area (Å²) in [6, 6.07) is 11.0. The summed E-state index contributed by atoms with van der Waals surface area (Å²) in [5, 5.41) is -0.154. The Morgan fingerprint density at radius 2 is 2.00 bits per heavy atom. The molecule has 0 spiro atoms. The minimum Gasteiger partial charge on any atom is -0.493 e. The molecular weight excluding hydrogens is 382 g/mol. The number of benzene rings is 2. The first-order chi connectivity index (χ1) is 13.5. The number of carbonyl (C=O) groups is 2. The summed E-state index contributed by atoms with van der Waals surface area (Å²) < 4.78 is 21.3. The van der Waals surface area contributed by atoms with Gasteiger partial charge in [0, 0.05) is 13.5 Å². The van der Waals surface area contributed by atoms with Crippen LogP contribution in [0.3, 0.4) is 0 Å². The predicted molar refractivity (Wildman–Crippen MR) is 103 cm³/mol. The Kier molecular flexibility index (Phi) is 5.04. The lowest BCUT2D eigenvalue weighted by Gasteiger charge is -2.25. The molecule has 1 saturated heterocycles. The highest BCUT2D eigenvalue weighted by molar-refractivity contribution is 8.00. The van der Waals surface area contributed by atoms with E-state index in [1.54, 1.807) is 23.9 Å². The maximum Gasteiger partial charge on any atom is 0.308 e. The van der Waals surface area contributed by atoms with Gasteiger partial charge in [-0.15, -0.1) is 11.8 Å². The van der Waals surface area contributed by atoms with Crippen molar-refractivity contribution in [1.29, 1.82) is 0 Å². The van der Waals surface area contributed by atoms with Gasteiger partial charge in [0.25, 0.3) is 0 Å². The first-order valence-electron chi connectivity index (χ1n) is 8.71. The Balaban J connectivity index is 1.58. The Labute approximate surface area is 166 Å². The van der Waals surface area contributed by atoms with Crippen LogP contribution >= 0.6 is 11.8 Å². The minimum absolute atomic E-state index is 0.0655. The SMILES string of the molecule is COc1cc(C2SCC(=O)N2Cc2ccc3c(c2)OCO3)ccc1OC(C)=O. The van der Waals surface area contributed by atoms with Crippen molar-refractivity contribution in [2.24, 2.45) is 0 Å². The summed E-state index contributed by atoms with van der Waals surface area (Å²) in [6.07, 6.45) is 0. The highest BCUT2D eigenvalue weighted by atomic mass is 32.2. The lowest BCUT2D eigenvalue weighted by Crippen LogP contribution is -2.27. The Morgan fingerprint density at radius 3 is 2.79 bits per heavy atom. The van der Waals surface area contributed by atoms with E-state index in [0.29, 0.717) is 35.3 Å². The van der Waals surface area contributed by atoms with Crippen LogP contribution in [0.15, 0.2) is 36.4 Å². The number of rotatable bonds is 5. The number of hydrogen-bond acceptors (Lipinski definition) is 7. The summed E-state index contributed by atoms with van der Waals surface area (Å²) in [4.78, 5) is 25.6. The second-order valence-electron chi connectivity index (χ2n) is 6.38. The highest BCUT2D eigenvalue weighted by Gasteiger charge is 2.33. The number of thioether (sulfide) groups is 1. The van der Waals surface area contributed by atoms with E-state index in [1.807, 2.05) is 29.2 Å². The molecule has 2 aromatic rings. The number of methoxy groups -OCH3 is 1. The van der Waals surface area contributed by atoms with Crippen molar-refractivity contribution in [1.82, 2.24) is 4.90 Å². The number of nitrogens with zero attached hydrogens (tertiary/aromatic N) is 1. The fourth-order valence-corrected chi connectivity index (χ4v) is 4.39. The highest BCUT2D eigenvalue weighted by Crippen LogP contribution is 2.43. The third-order valence-corrected chi connectivity index (χ3v) is 5.74. The Hall–Kier alpha value is -2.87. The smallest absolute Gasteiger partial charge is 0.308 e. The maximum atomic E-state index is 12.5. The molecule has 0 radical (unpaired) electrons. The zero-order valence-corrected chi connectivity index (χ0v) is 16.3. The lowest BCUT2D eigenvalue weighted by atomic mass is 10.1. The quantitative estimate of drug-likeness (QED) is 0.563. The van der Waals surface area contributed by atoms with Gasteiger partial charge < -0.3 is 23.8 Å². The topological polar surface area (TPSA) is 74.3 Å². The number of amides is 1. The molecule has 7 nitrogen and oxygen atoms in total. The van der Waals surface area contributed by atoms with Crippen molar-refractivity contribution in [2.75, 3.05) is 19.7 Å². The van der Waals surface area contributed by atoms with Crippen molar-refractivity contribution in [3.8, 4) is 23.0 Å². The van der Waals surface area contributed by atoms with Crippen LogP contribution in [0.25, 0.3) is 0 Å². The van der Waals surface area contributed by atoms with Crippen molar-refractivity contribution in [3.63, 3.8) is 0 Å². The fourth-order valence-electron chi connectivity index (χ4n) is 3.21. The molecular formula is C20H19NO6S. The van der Waals surface area contributed by atoms with Crippen LogP contribution in [0, 0.1) is 0 Å². The summed E-state index contributed by atoms with van der Waals surface area (Å²) in [5.74, 6) is 2.28. The zero-order chi connectivity index (χ0) is 19.7. The van der Waals surface area contributed by atoms with Crippen molar-refractivity contribution in [2.45, 2.75) is 18.8 Å². The van der Waals surface area contributed by atoms with E-state index in [1.165, 1.54) is 14.0 Å². The number of esters is 1. The normalized spacial score (nSPS) is 17.7. The van der Waals surface area contributed by atoms with Gasteiger partial charge in [-0.25, -0.2) is 0 Å². The molecule has 2 aromatic carbocycles. The van der Waals surface area contributed by atoms with Gasteiger partial charge in [0.2, 0.25) is 12.7 Å². The molecule has 2 aliphatic heterocycles. The van der Waals surface area contributed by atoms with Crippen LogP contribution in [0.2, 0.25) is 0 Å². The van der Waals surface area contributed by atoms with Crippen molar-refractivity contribution >= 4 is 23.6 Å². The van der Waals surface area contributed by atoms with Crippen LogP contribution in [0.5, 0.6) is 23.0 Å². The van der Waals surface area contributed by atoms with Crippen LogP contribution in [-0.4, -0.2) is 36.4 Å². The van der Waals surface area contributed by atoms with E-state index in [9.17, 15) is 9.59 Å². The molecule has 8 heteroatoms. The third-order valence-electron chi connectivity index (χ3n) is 4.48. The molecule has 0 N–H and O–H groups in total. The summed E-state index contributed by atoms with van der Waals surface area (Å²) in [5.41, 5.74) is 1.87. The van der Waals surface area contributed by atoms with Gasteiger partial charge in [-0.3, -0.25) is 9.59 Å². The first kappa shape index (κ1) is 18.5. The predicted octanol–water partition coefficient (Wildman–Crippen LogP) is 3.12. The summed E-state index contributed by atoms with van der Waals surface area (Å²) in [6.45, 7) is 2.02. The van der Waals surface area contributed by atoms with Gasteiger partial charge in [0.05, 0.1) is 12.9 Å². The molecule has 2 aliphatic rings. The summed E-state index contributed by atoms with van der Waals surface area (Å²) in [7, 11) is 1.52. The van der Waals surface area contributed by atoms with Gasteiger partial charge in [-0.2, -0.15) is 0 Å². The van der Waals surface area contributed by atoms with Crippen molar-refractivity contribution < 1.29 is 28.5 Å². The Bertz CT molecular complexity index is 931. The van der Waals surface area contributed by atoms with E-state index in [4.69, 9.17) is 18.9 Å². The van der Waals surface area contributed by atoms with Gasteiger partial charge in [-0.1, -0.05) is 12.1 Å². The van der Waals surface area contributed by atoms with Gasteiger partial charge in [-0.05, 0) is 35.4 Å². The monoisotopic (exact) mass is 401 g/mol. The summed E-state index contributed by atoms with van der Waals surface area (Å²) >= 11 is 1.55. The molecule has 2 heterocycles. The minimum atomic E-state index is -0.416. The molecule has 0 saturated carbocycles. The Morgan fingerprint density at radius 1 is 1.18 bits per heavy atom. The molecule has 146 valence electrons. The molecule has 28 heavy (non-hydrogen) atoms. The molecule has 0 aliphatic carbocycles. The van der Waals surface area contributed by atoms with Gasteiger partial charge in [0.1, 0.15) is 5.37 Å². The van der Waals surface area contributed by atoms with Crippen LogP contribution < -0.4 is 18.9 Å². The standard InChI is InChI=1S/C20H19NO6S/c1-12(22)27-16-6-4-14(8-17(16)24-2)20-21(19(23)10-28-20)9-13-3-5-15-18(7-13)26-11-25-15/h3-8,20H,9-11H2,1-2H3. The third kappa shape index (κ3) is 3.60.